The van der Waals surface area contributed by atoms with Crippen molar-refractivity contribution in [1.82, 2.24) is 4.90 Å². The lowest BCUT2D eigenvalue weighted by molar-refractivity contribution is -0.131. The average Bonchev–Trinajstić information content (AvgIpc) is 2.63. The van der Waals surface area contributed by atoms with Gasteiger partial charge in [0.25, 0.3) is 0 Å². The Labute approximate surface area is 88.3 Å². The van der Waals surface area contributed by atoms with Gasteiger partial charge in [0, 0.05) is 12.6 Å². The standard InChI is InChI=1S/C9H13NO4S/c11-8-1-2-9(12)10(8)5-7-3-4-15(13,14)6-7/h1-2,7-8,11H,3-6H2. The van der Waals surface area contributed by atoms with Crippen LogP contribution in [0.3, 0.4) is 0 Å². The van der Waals surface area contributed by atoms with E-state index in [1.807, 2.05) is 0 Å². The van der Waals surface area contributed by atoms with E-state index < -0.39 is 16.1 Å². The van der Waals surface area contributed by atoms with Crippen LogP contribution in [0.25, 0.3) is 0 Å². The highest BCUT2D eigenvalue weighted by Crippen LogP contribution is 2.21. The van der Waals surface area contributed by atoms with Crippen molar-refractivity contribution in [2.24, 2.45) is 5.92 Å². The second kappa shape index (κ2) is 3.61. The van der Waals surface area contributed by atoms with Crippen LogP contribution in [0.5, 0.6) is 0 Å². The maximum Gasteiger partial charge on any atom is 0.248 e. The molecule has 0 saturated carbocycles. The molecule has 1 amide bonds. The van der Waals surface area contributed by atoms with Gasteiger partial charge in [-0.15, -0.1) is 0 Å². The zero-order valence-corrected chi connectivity index (χ0v) is 8.98. The number of aliphatic hydroxyl groups excluding tert-OH is 1. The number of sulfone groups is 1. The predicted octanol–water partition coefficient (Wildman–Crippen LogP) is -0.862. The third kappa shape index (κ3) is 2.21. The number of hydrogen-bond acceptors (Lipinski definition) is 4. The molecule has 5 nitrogen and oxygen atoms in total. The summed E-state index contributed by atoms with van der Waals surface area (Å²) in [5.41, 5.74) is 0. The Morgan fingerprint density at radius 3 is 2.73 bits per heavy atom. The fraction of sp³-hybridized carbons (Fsp3) is 0.667. The number of carbonyl (C=O) groups is 1. The van der Waals surface area contributed by atoms with Crippen molar-refractivity contribution in [1.29, 1.82) is 0 Å². The molecule has 2 aliphatic rings. The first-order chi connectivity index (χ1) is 6.98. The summed E-state index contributed by atoms with van der Waals surface area (Å²) in [6.07, 6.45) is 2.42. The number of carbonyl (C=O) groups excluding carboxylic acids is 1. The van der Waals surface area contributed by atoms with E-state index in [1.54, 1.807) is 0 Å². The molecule has 0 aliphatic carbocycles. The Hall–Kier alpha value is -0.880. The topological polar surface area (TPSA) is 74.7 Å². The van der Waals surface area contributed by atoms with Gasteiger partial charge in [0.15, 0.2) is 9.84 Å². The molecule has 1 fully saturated rings. The van der Waals surface area contributed by atoms with Gasteiger partial charge in [0.1, 0.15) is 6.23 Å². The molecule has 2 heterocycles. The molecule has 0 aromatic carbocycles. The molecule has 2 rings (SSSR count). The van der Waals surface area contributed by atoms with Crippen molar-refractivity contribution in [2.45, 2.75) is 12.6 Å². The minimum atomic E-state index is -2.91. The van der Waals surface area contributed by atoms with E-state index in [2.05, 4.69) is 0 Å². The second-order valence-electron chi connectivity index (χ2n) is 4.03. The molecule has 2 aliphatic heterocycles. The first-order valence-electron chi connectivity index (χ1n) is 4.85. The molecule has 1 N–H and O–H groups in total. The van der Waals surface area contributed by atoms with Crippen molar-refractivity contribution in [3.05, 3.63) is 12.2 Å². The normalized spacial score (nSPS) is 33.9. The quantitative estimate of drug-likeness (QED) is 0.671. The first-order valence-corrected chi connectivity index (χ1v) is 6.67. The fourth-order valence-electron chi connectivity index (χ4n) is 1.99. The molecule has 6 heteroatoms. The molecular weight excluding hydrogens is 218 g/mol. The summed E-state index contributed by atoms with van der Waals surface area (Å²) in [5, 5.41) is 9.42. The largest absolute Gasteiger partial charge is 0.370 e. The van der Waals surface area contributed by atoms with Gasteiger partial charge in [-0.3, -0.25) is 4.79 Å². The van der Waals surface area contributed by atoms with Gasteiger partial charge in [-0.2, -0.15) is 0 Å². The molecular formula is C9H13NO4S. The monoisotopic (exact) mass is 231 g/mol. The van der Waals surface area contributed by atoms with Crippen molar-refractivity contribution >= 4 is 15.7 Å². The van der Waals surface area contributed by atoms with E-state index in [4.69, 9.17) is 0 Å². The lowest BCUT2D eigenvalue weighted by Gasteiger charge is -2.23. The summed E-state index contributed by atoms with van der Waals surface area (Å²) in [6, 6.07) is 0. The highest BCUT2D eigenvalue weighted by molar-refractivity contribution is 7.91. The van der Waals surface area contributed by atoms with Crippen LogP contribution in [-0.2, 0) is 14.6 Å². The molecule has 84 valence electrons. The Morgan fingerprint density at radius 2 is 2.27 bits per heavy atom. The molecule has 2 unspecified atom stereocenters. The van der Waals surface area contributed by atoms with Gasteiger partial charge in [0.05, 0.1) is 11.5 Å². The zero-order chi connectivity index (χ0) is 11.1. The van der Waals surface area contributed by atoms with E-state index >= 15 is 0 Å². The number of hydrogen-bond donors (Lipinski definition) is 1. The molecule has 1 saturated heterocycles. The molecule has 0 spiro atoms. The molecule has 0 bridgehead atoms. The van der Waals surface area contributed by atoms with E-state index in [0.29, 0.717) is 13.0 Å². The highest BCUT2D eigenvalue weighted by atomic mass is 32.2. The first kappa shape index (κ1) is 10.6. The smallest absolute Gasteiger partial charge is 0.248 e. The van der Waals surface area contributed by atoms with Crippen LogP contribution in [0.4, 0.5) is 0 Å². The van der Waals surface area contributed by atoms with Crippen LogP contribution in [-0.4, -0.2) is 48.6 Å². The summed E-state index contributed by atoms with van der Waals surface area (Å²) >= 11 is 0. The maximum atomic E-state index is 11.3. The maximum absolute atomic E-state index is 11.3. The third-order valence-corrected chi connectivity index (χ3v) is 4.63. The summed E-state index contributed by atoms with van der Waals surface area (Å²) in [4.78, 5) is 12.6. The van der Waals surface area contributed by atoms with Crippen LogP contribution in [0, 0.1) is 5.92 Å². The lowest BCUT2D eigenvalue weighted by Crippen LogP contribution is -2.38. The Bertz CT molecular complexity index is 400. The van der Waals surface area contributed by atoms with Crippen LogP contribution < -0.4 is 0 Å². The lowest BCUT2D eigenvalue weighted by atomic mass is 10.1. The Kier molecular flexibility index (Phi) is 2.56. The number of aliphatic hydroxyl groups is 1. The molecule has 2 atom stereocenters. The predicted molar refractivity (Wildman–Crippen MR) is 53.6 cm³/mol. The fourth-order valence-corrected chi connectivity index (χ4v) is 3.84. The summed E-state index contributed by atoms with van der Waals surface area (Å²) in [6.45, 7) is 0.326. The minimum Gasteiger partial charge on any atom is -0.370 e. The van der Waals surface area contributed by atoms with Crippen LogP contribution >= 0.6 is 0 Å². The van der Waals surface area contributed by atoms with Gasteiger partial charge in [-0.25, -0.2) is 8.42 Å². The van der Waals surface area contributed by atoms with Gasteiger partial charge in [-0.1, -0.05) is 0 Å². The SMILES string of the molecule is O=C1C=CC(O)N1CC1CCS(=O)(=O)C1. The Balaban J connectivity index is 1.96. The van der Waals surface area contributed by atoms with Gasteiger partial charge >= 0.3 is 0 Å². The Morgan fingerprint density at radius 1 is 1.53 bits per heavy atom. The number of nitrogens with zero attached hydrogens (tertiary/aromatic N) is 1. The number of amides is 1. The average molecular weight is 231 g/mol. The summed E-state index contributed by atoms with van der Waals surface area (Å²) < 4.78 is 22.4. The highest BCUT2D eigenvalue weighted by Gasteiger charge is 2.33. The van der Waals surface area contributed by atoms with Gasteiger partial charge in [-0.05, 0) is 18.4 Å². The van der Waals surface area contributed by atoms with E-state index in [0.717, 1.165) is 0 Å². The molecule has 0 aromatic heterocycles. The van der Waals surface area contributed by atoms with Crippen molar-refractivity contribution < 1.29 is 18.3 Å². The molecule has 0 radical (unpaired) electrons. The zero-order valence-electron chi connectivity index (χ0n) is 8.17. The van der Waals surface area contributed by atoms with E-state index in [-0.39, 0.29) is 23.3 Å². The minimum absolute atomic E-state index is 0.0338. The molecule has 15 heavy (non-hydrogen) atoms. The van der Waals surface area contributed by atoms with E-state index in [9.17, 15) is 18.3 Å². The van der Waals surface area contributed by atoms with Crippen molar-refractivity contribution in [3.63, 3.8) is 0 Å². The van der Waals surface area contributed by atoms with Crippen LogP contribution in [0.1, 0.15) is 6.42 Å². The van der Waals surface area contributed by atoms with E-state index in [1.165, 1.54) is 17.1 Å². The van der Waals surface area contributed by atoms with Crippen LogP contribution in [0.15, 0.2) is 12.2 Å². The van der Waals surface area contributed by atoms with Crippen molar-refractivity contribution in [3.8, 4) is 0 Å². The third-order valence-electron chi connectivity index (χ3n) is 2.79. The summed E-state index contributed by atoms with van der Waals surface area (Å²) in [7, 11) is -2.91. The van der Waals surface area contributed by atoms with Crippen molar-refractivity contribution in [2.75, 3.05) is 18.1 Å². The number of rotatable bonds is 2. The van der Waals surface area contributed by atoms with Gasteiger partial charge in [0.2, 0.25) is 5.91 Å². The second-order valence-corrected chi connectivity index (χ2v) is 6.26. The van der Waals surface area contributed by atoms with Crippen LogP contribution in [0.2, 0.25) is 0 Å². The van der Waals surface area contributed by atoms with Gasteiger partial charge < -0.3 is 10.0 Å². The summed E-state index contributed by atoms with van der Waals surface area (Å²) in [5.74, 6) is 0.0486. The molecule has 0 aromatic rings.